The van der Waals surface area contributed by atoms with Crippen molar-refractivity contribution in [2.75, 3.05) is 33.8 Å². The number of hydrogen-bond acceptors (Lipinski definition) is 4. The lowest BCUT2D eigenvalue weighted by molar-refractivity contribution is -0.120. The molecule has 3 amide bonds. The van der Waals surface area contributed by atoms with Gasteiger partial charge in [0.25, 0.3) is 0 Å². The van der Waals surface area contributed by atoms with E-state index in [9.17, 15) is 14.0 Å². The van der Waals surface area contributed by atoms with Crippen LogP contribution in [0.1, 0.15) is 0 Å². The molecule has 0 aliphatic rings. The Hall–Kier alpha value is -2.15. The lowest BCUT2D eigenvalue weighted by Crippen LogP contribution is -2.43. The molecule has 0 bridgehead atoms. The van der Waals surface area contributed by atoms with Gasteiger partial charge in [0.05, 0.1) is 6.54 Å². The van der Waals surface area contributed by atoms with Gasteiger partial charge in [0.2, 0.25) is 5.91 Å². The number of nitrogens with zero attached hydrogens (tertiary/aromatic N) is 1. The van der Waals surface area contributed by atoms with Crippen LogP contribution in [0.25, 0.3) is 0 Å². The smallest absolute Gasteiger partial charge is 0.321 e. The Bertz CT molecular complexity index is 468. The average Bonchev–Trinajstić information content (AvgIpc) is 2.40. The first-order chi connectivity index (χ1) is 9.52. The van der Waals surface area contributed by atoms with Gasteiger partial charge >= 0.3 is 6.03 Å². The first-order valence-electron chi connectivity index (χ1n) is 6.10. The second-order valence-corrected chi connectivity index (χ2v) is 4.14. The predicted molar refractivity (Wildman–Crippen MR) is 72.0 cm³/mol. The van der Waals surface area contributed by atoms with Crippen LogP contribution >= 0.6 is 0 Å². The van der Waals surface area contributed by atoms with Crippen LogP contribution in [0.5, 0.6) is 5.75 Å². The zero-order valence-electron chi connectivity index (χ0n) is 11.5. The minimum absolute atomic E-state index is 0.0497. The molecule has 1 aromatic rings. The van der Waals surface area contributed by atoms with E-state index in [2.05, 4.69) is 10.6 Å². The summed E-state index contributed by atoms with van der Waals surface area (Å²) in [6.45, 7) is 0.717. The summed E-state index contributed by atoms with van der Waals surface area (Å²) in [6.07, 6.45) is 0. The third-order valence-corrected chi connectivity index (χ3v) is 2.46. The van der Waals surface area contributed by atoms with Crippen molar-refractivity contribution < 1.29 is 18.7 Å². The van der Waals surface area contributed by atoms with E-state index in [1.165, 1.54) is 19.2 Å². The van der Waals surface area contributed by atoms with Crippen LogP contribution in [-0.2, 0) is 4.79 Å². The molecule has 0 spiro atoms. The summed E-state index contributed by atoms with van der Waals surface area (Å²) in [5, 5.41) is 4.43. The highest BCUT2D eigenvalue weighted by atomic mass is 19.1. The summed E-state index contributed by atoms with van der Waals surface area (Å²) in [5.41, 5.74) is 0. The number of halogens is 1. The fourth-order valence-corrected chi connectivity index (χ4v) is 1.43. The van der Waals surface area contributed by atoms with Gasteiger partial charge in [-0.3, -0.25) is 15.0 Å². The second-order valence-electron chi connectivity index (χ2n) is 4.14. The lowest BCUT2D eigenvalue weighted by Gasteiger charge is -2.16. The molecule has 20 heavy (non-hydrogen) atoms. The largest absolute Gasteiger partial charge is 0.489 e. The molecule has 0 aliphatic heterocycles. The number of nitrogens with one attached hydrogen (secondary N) is 2. The highest BCUT2D eigenvalue weighted by Crippen LogP contribution is 2.14. The van der Waals surface area contributed by atoms with Crippen LogP contribution in [-0.4, -0.2) is 50.6 Å². The molecule has 0 atom stereocenters. The normalized spacial score (nSPS) is 10.2. The van der Waals surface area contributed by atoms with Crippen LogP contribution < -0.4 is 15.4 Å². The Morgan fingerprint density at radius 3 is 2.70 bits per heavy atom. The summed E-state index contributed by atoms with van der Waals surface area (Å²) in [6, 6.07) is 5.56. The third-order valence-electron chi connectivity index (χ3n) is 2.46. The van der Waals surface area contributed by atoms with E-state index >= 15 is 0 Å². The fourth-order valence-electron chi connectivity index (χ4n) is 1.43. The molecule has 1 aromatic carbocycles. The molecule has 0 fully saturated rings. The zero-order valence-corrected chi connectivity index (χ0v) is 11.5. The molecule has 0 saturated carbocycles. The monoisotopic (exact) mass is 283 g/mol. The van der Waals surface area contributed by atoms with Crippen molar-refractivity contribution >= 4 is 11.9 Å². The Labute approximate surface area is 116 Å². The van der Waals surface area contributed by atoms with Gasteiger partial charge in [-0.2, -0.15) is 0 Å². The van der Waals surface area contributed by atoms with Gasteiger partial charge < -0.3 is 10.1 Å². The van der Waals surface area contributed by atoms with Crippen LogP contribution in [0.3, 0.4) is 0 Å². The summed E-state index contributed by atoms with van der Waals surface area (Å²) < 4.78 is 18.5. The standard InChI is InChI=1S/C13H18FN3O3/c1-15-13(19)16-12(18)9-17(2)7-8-20-11-6-4-3-5-10(11)14/h3-6H,7-9H2,1-2H3,(H2,15,16,18,19). The molecule has 0 aromatic heterocycles. The number of urea groups is 1. The molecule has 7 heteroatoms. The van der Waals surface area contributed by atoms with E-state index in [0.29, 0.717) is 6.54 Å². The lowest BCUT2D eigenvalue weighted by atomic mass is 10.3. The van der Waals surface area contributed by atoms with Gasteiger partial charge in [-0.1, -0.05) is 12.1 Å². The SMILES string of the molecule is CNC(=O)NC(=O)CN(C)CCOc1ccccc1F. The molecule has 6 nitrogen and oxygen atoms in total. The van der Waals surface area contributed by atoms with Gasteiger partial charge in [0.15, 0.2) is 11.6 Å². The van der Waals surface area contributed by atoms with Crippen molar-refractivity contribution in [1.29, 1.82) is 0 Å². The molecule has 0 unspecified atom stereocenters. The maximum Gasteiger partial charge on any atom is 0.321 e. The molecule has 0 heterocycles. The first kappa shape index (κ1) is 15.9. The van der Waals surface area contributed by atoms with E-state index in [1.807, 2.05) is 0 Å². The number of amides is 3. The van der Waals surface area contributed by atoms with Gasteiger partial charge in [-0.25, -0.2) is 9.18 Å². The second kappa shape index (κ2) is 8.11. The number of ether oxygens (including phenoxy) is 1. The van der Waals surface area contributed by atoms with Crippen molar-refractivity contribution in [3.63, 3.8) is 0 Å². The Kier molecular flexibility index (Phi) is 6.45. The zero-order chi connectivity index (χ0) is 15.0. The summed E-state index contributed by atoms with van der Waals surface area (Å²) in [5.74, 6) is -0.666. The molecule has 0 aliphatic carbocycles. The van der Waals surface area contributed by atoms with Crippen molar-refractivity contribution in [1.82, 2.24) is 15.5 Å². The van der Waals surface area contributed by atoms with Gasteiger partial charge in [-0.15, -0.1) is 0 Å². The Morgan fingerprint density at radius 2 is 2.05 bits per heavy atom. The Balaban J connectivity index is 2.26. The summed E-state index contributed by atoms with van der Waals surface area (Å²) in [4.78, 5) is 24.0. The van der Waals surface area contributed by atoms with Crippen LogP contribution in [0.2, 0.25) is 0 Å². The van der Waals surface area contributed by atoms with E-state index in [1.54, 1.807) is 24.1 Å². The van der Waals surface area contributed by atoms with E-state index in [0.717, 1.165) is 0 Å². The van der Waals surface area contributed by atoms with Crippen LogP contribution in [0, 0.1) is 5.82 Å². The van der Waals surface area contributed by atoms with Gasteiger partial charge in [-0.05, 0) is 19.2 Å². The number of imide groups is 1. The van der Waals surface area contributed by atoms with Crippen molar-refractivity contribution in [3.05, 3.63) is 30.1 Å². The third kappa shape index (κ3) is 5.66. The minimum atomic E-state index is -0.550. The number of benzene rings is 1. The molecule has 0 saturated heterocycles. The predicted octanol–water partition coefficient (Wildman–Crippen LogP) is 0.592. The van der Waals surface area contributed by atoms with Crippen molar-refractivity contribution in [2.45, 2.75) is 0 Å². The number of rotatable bonds is 6. The van der Waals surface area contributed by atoms with Gasteiger partial charge in [0, 0.05) is 13.6 Å². The quantitative estimate of drug-likeness (QED) is 0.801. The van der Waals surface area contributed by atoms with E-state index in [-0.39, 0.29) is 18.9 Å². The van der Waals surface area contributed by atoms with Crippen LogP contribution in [0.15, 0.2) is 24.3 Å². The molecule has 110 valence electrons. The fraction of sp³-hybridized carbons (Fsp3) is 0.385. The molecule has 1 rings (SSSR count). The summed E-state index contributed by atoms with van der Waals surface area (Å²) in [7, 11) is 3.13. The van der Waals surface area contributed by atoms with Crippen LogP contribution in [0.4, 0.5) is 9.18 Å². The van der Waals surface area contributed by atoms with E-state index in [4.69, 9.17) is 4.74 Å². The number of carbonyl (C=O) groups is 2. The maximum atomic E-state index is 13.3. The summed E-state index contributed by atoms with van der Waals surface area (Å²) >= 11 is 0. The molecular weight excluding hydrogens is 265 g/mol. The highest BCUT2D eigenvalue weighted by molar-refractivity contribution is 5.95. The number of carbonyl (C=O) groups excluding carboxylic acids is 2. The maximum absolute atomic E-state index is 13.3. The van der Waals surface area contributed by atoms with Crippen molar-refractivity contribution in [3.8, 4) is 5.75 Å². The van der Waals surface area contributed by atoms with Crippen molar-refractivity contribution in [2.24, 2.45) is 0 Å². The minimum Gasteiger partial charge on any atom is -0.489 e. The first-order valence-corrected chi connectivity index (χ1v) is 6.10. The number of hydrogen-bond donors (Lipinski definition) is 2. The molecule has 0 radical (unpaired) electrons. The van der Waals surface area contributed by atoms with E-state index < -0.39 is 17.8 Å². The van der Waals surface area contributed by atoms with Gasteiger partial charge in [0.1, 0.15) is 6.61 Å². The number of para-hydroxylation sites is 1. The number of likely N-dealkylation sites (N-methyl/N-ethyl adjacent to an activating group) is 1. The topological polar surface area (TPSA) is 70.7 Å². The molecule has 2 N–H and O–H groups in total. The Morgan fingerprint density at radius 1 is 1.35 bits per heavy atom. The molecular formula is C13H18FN3O3. The average molecular weight is 283 g/mol. The highest BCUT2D eigenvalue weighted by Gasteiger charge is 2.09.